The zero-order chi connectivity index (χ0) is 15.2. The molecule has 0 aromatic heterocycles. The summed E-state index contributed by atoms with van der Waals surface area (Å²) in [7, 11) is 0. The summed E-state index contributed by atoms with van der Waals surface area (Å²) in [6, 6.07) is 0. The highest BCUT2D eigenvalue weighted by molar-refractivity contribution is 5.81. The summed E-state index contributed by atoms with van der Waals surface area (Å²) in [5.74, 6) is 0.491. The SMILES string of the molecule is C=CC(=O)OC(CCCCCCC)CCCCC(C)C. The fraction of sp³-hybridized carbons (Fsp3) is 0.833. The molecule has 0 aromatic carbocycles. The lowest BCUT2D eigenvalue weighted by Crippen LogP contribution is -2.17. The van der Waals surface area contributed by atoms with E-state index in [9.17, 15) is 4.79 Å². The van der Waals surface area contributed by atoms with E-state index in [2.05, 4.69) is 27.4 Å². The van der Waals surface area contributed by atoms with E-state index in [1.807, 2.05) is 0 Å². The van der Waals surface area contributed by atoms with Crippen LogP contribution < -0.4 is 0 Å². The van der Waals surface area contributed by atoms with Gasteiger partial charge in [0.1, 0.15) is 6.10 Å². The second-order valence-corrected chi connectivity index (χ2v) is 6.14. The summed E-state index contributed by atoms with van der Waals surface area (Å²) in [6.07, 6.45) is 13.3. The van der Waals surface area contributed by atoms with Crippen molar-refractivity contribution < 1.29 is 9.53 Å². The lowest BCUT2D eigenvalue weighted by molar-refractivity contribution is -0.143. The molecule has 2 nitrogen and oxygen atoms in total. The van der Waals surface area contributed by atoms with Gasteiger partial charge in [0.25, 0.3) is 0 Å². The molecule has 0 fully saturated rings. The van der Waals surface area contributed by atoms with Crippen LogP contribution in [0.2, 0.25) is 0 Å². The smallest absolute Gasteiger partial charge is 0.330 e. The Morgan fingerprint density at radius 1 is 1.00 bits per heavy atom. The molecule has 0 spiro atoms. The van der Waals surface area contributed by atoms with Crippen LogP contribution in [0.25, 0.3) is 0 Å². The normalized spacial score (nSPS) is 12.4. The van der Waals surface area contributed by atoms with Gasteiger partial charge in [-0.1, -0.05) is 65.9 Å². The molecule has 2 heteroatoms. The van der Waals surface area contributed by atoms with E-state index in [4.69, 9.17) is 4.74 Å². The monoisotopic (exact) mass is 282 g/mol. The van der Waals surface area contributed by atoms with Crippen molar-refractivity contribution in [3.05, 3.63) is 12.7 Å². The summed E-state index contributed by atoms with van der Waals surface area (Å²) in [5, 5.41) is 0. The molecule has 118 valence electrons. The number of carbonyl (C=O) groups excluding carboxylic acids is 1. The average molecular weight is 282 g/mol. The van der Waals surface area contributed by atoms with E-state index in [0.29, 0.717) is 0 Å². The minimum absolute atomic E-state index is 0.0919. The van der Waals surface area contributed by atoms with Crippen LogP contribution in [0, 0.1) is 5.92 Å². The highest BCUT2D eigenvalue weighted by Gasteiger charge is 2.12. The van der Waals surface area contributed by atoms with Crippen molar-refractivity contribution in [3.63, 3.8) is 0 Å². The van der Waals surface area contributed by atoms with Gasteiger partial charge in [0, 0.05) is 6.08 Å². The molecule has 0 bridgehead atoms. The molecule has 0 aromatic rings. The molecule has 0 aliphatic rings. The Kier molecular flexibility index (Phi) is 12.7. The number of carbonyl (C=O) groups is 1. The number of esters is 1. The molecule has 0 aliphatic carbocycles. The summed E-state index contributed by atoms with van der Waals surface area (Å²) < 4.78 is 5.46. The van der Waals surface area contributed by atoms with Crippen LogP contribution in [0.15, 0.2) is 12.7 Å². The van der Waals surface area contributed by atoms with Gasteiger partial charge in [0.05, 0.1) is 0 Å². The topological polar surface area (TPSA) is 26.3 Å². The van der Waals surface area contributed by atoms with E-state index in [1.165, 1.54) is 51.0 Å². The maximum absolute atomic E-state index is 11.4. The first-order chi connectivity index (χ1) is 9.60. The molecule has 1 atom stereocenters. The van der Waals surface area contributed by atoms with Crippen molar-refractivity contribution in [1.29, 1.82) is 0 Å². The molecule has 0 saturated heterocycles. The lowest BCUT2D eigenvalue weighted by atomic mass is 10.0. The van der Waals surface area contributed by atoms with Crippen LogP contribution >= 0.6 is 0 Å². The third kappa shape index (κ3) is 12.3. The van der Waals surface area contributed by atoms with Gasteiger partial charge in [-0.25, -0.2) is 4.79 Å². The molecule has 0 aliphatic heterocycles. The Morgan fingerprint density at radius 3 is 2.10 bits per heavy atom. The number of ether oxygens (including phenoxy) is 1. The van der Waals surface area contributed by atoms with Crippen molar-refractivity contribution in [2.45, 2.75) is 91.1 Å². The second kappa shape index (κ2) is 13.2. The highest BCUT2D eigenvalue weighted by Crippen LogP contribution is 2.17. The summed E-state index contributed by atoms with van der Waals surface area (Å²) in [4.78, 5) is 11.4. The summed E-state index contributed by atoms with van der Waals surface area (Å²) >= 11 is 0. The maximum atomic E-state index is 11.4. The van der Waals surface area contributed by atoms with Gasteiger partial charge in [-0.15, -0.1) is 0 Å². The van der Waals surface area contributed by atoms with Crippen LogP contribution in [0.3, 0.4) is 0 Å². The summed E-state index contributed by atoms with van der Waals surface area (Å²) in [5.41, 5.74) is 0. The molecule has 0 amide bonds. The van der Waals surface area contributed by atoms with Crippen molar-refractivity contribution in [3.8, 4) is 0 Å². The minimum Gasteiger partial charge on any atom is -0.459 e. The average Bonchev–Trinajstić information content (AvgIpc) is 2.42. The van der Waals surface area contributed by atoms with E-state index in [1.54, 1.807) is 0 Å². The number of rotatable bonds is 13. The van der Waals surface area contributed by atoms with Gasteiger partial charge < -0.3 is 4.74 Å². The third-order valence-corrected chi connectivity index (χ3v) is 3.64. The summed E-state index contributed by atoms with van der Waals surface area (Å²) in [6.45, 7) is 10.2. The first-order valence-corrected chi connectivity index (χ1v) is 8.43. The molecular weight excluding hydrogens is 248 g/mol. The van der Waals surface area contributed by atoms with Gasteiger partial charge in [0.2, 0.25) is 0 Å². The number of hydrogen-bond acceptors (Lipinski definition) is 2. The van der Waals surface area contributed by atoms with Gasteiger partial charge in [-0.2, -0.15) is 0 Å². The Labute approximate surface area is 126 Å². The van der Waals surface area contributed by atoms with Crippen molar-refractivity contribution >= 4 is 5.97 Å². The minimum atomic E-state index is -0.271. The number of unbranched alkanes of at least 4 members (excludes halogenated alkanes) is 5. The van der Waals surface area contributed by atoms with Crippen LogP contribution in [0.4, 0.5) is 0 Å². The van der Waals surface area contributed by atoms with Crippen LogP contribution in [-0.4, -0.2) is 12.1 Å². The zero-order valence-electron chi connectivity index (χ0n) is 13.8. The maximum Gasteiger partial charge on any atom is 0.330 e. The number of hydrogen-bond donors (Lipinski definition) is 0. The van der Waals surface area contributed by atoms with Crippen molar-refractivity contribution in [1.82, 2.24) is 0 Å². The molecule has 0 radical (unpaired) electrons. The fourth-order valence-corrected chi connectivity index (χ4v) is 2.37. The van der Waals surface area contributed by atoms with E-state index >= 15 is 0 Å². The molecular formula is C18H34O2. The van der Waals surface area contributed by atoms with Crippen LogP contribution in [0.1, 0.15) is 85.0 Å². The van der Waals surface area contributed by atoms with E-state index in [0.717, 1.165) is 25.2 Å². The van der Waals surface area contributed by atoms with Crippen molar-refractivity contribution in [2.75, 3.05) is 0 Å². The standard InChI is InChI=1S/C18H34O2/c1-5-7-8-9-10-14-17(20-18(19)6-2)15-12-11-13-16(3)4/h6,16-17H,2,5,7-15H2,1,3-4H3. The Morgan fingerprint density at radius 2 is 1.55 bits per heavy atom. The largest absolute Gasteiger partial charge is 0.459 e. The Bertz CT molecular complexity index is 246. The first-order valence-electron chi connectivity index (χ1n) is 8.43. The van der Waals surface area contributed by atoms with E-state index < -0.39 is 0 Å². The molecule has 1 unspecified atom stereocenters. The Hall–Kier alpha value is -0.790. The molecule has 0 heterocycles. The van der Waals surface area contributed by atoms with Crippen molar-refractivity contribution in [2.24, 2.45) is 5.92 Å². The Balaban J connectivity index is 3.88. The fourth-order valence-electron chi connectivity index (χ4n) is 2.37. The van der Waals surface area contributed by atoms with Gasteiger partial charge >= 0.3 is 5.97 Å². The molecule has 0 rings (SSSR count). The van der Waals surface area contributed by atoms with Gasteiger partial charge in [-0.05, 0) is 31.6 Å². The van der Waals surface area contributed by atoms with E-state index in [-0.39, 0.29) is 12.1 Å². The predicted molar refractivity (Wildman–Crippen MR) is 86.8 cm³/mol. The highest BCUT2D eigenvalue weighted by atomic mass is 16.5. The van der Waals surface area contributed by atoms with Gasteiger partial charge in [-0.3, -0.25) is 0 Å². The molecule has 0 N–H and O–H groups in total. The quantitative estimate of drug-likeness (QED) is 0.247. The third-order valence-electron chi connectivity index (χ3n) is 3.64. The zero-order valence-corrected chi connectivity index (χ0v) is 13.8. The van der Waals surface area contributed by atoms with Gasteiger partial charge in [0.15, 0.2) is 0 Å². The molecule has 20 heavy (non-hydrogen) atoms. The lowest BCUT2D eigenvalue weighted by Gasteiger charge is -2.17. The van der Waals surface area contributed by atoms with Crippen LogP contribution in [0.5, 0.6) is 0 Å². The molecule has 0 saturated carbocycles. The second-order valence-electron chi connectivity index (χ2n) is 6.14. The van der Waals surface area contributed by atoms with Crippen LogP contribution in [-0.2, 0) is 9.53 Å². The predicted octanol–water partition coefficient (Wildman–Crippen LogP) is 5.66. The first kappa shape index (κ1) is 19.2.